The largest absolute Gasteiger partial charge is 0.405 e. The quantitative estimate of drug-likeness (QED) is 0.827. The van der Waals surface area contributed by atoms with Crippen molar-refractivity contribution in [3.05, 3.63) is 23.8 Å². The summed E-state index contributed by atoms with van der Waals surface area (Å²) in [4.78, 5) is 8.49. The zero-order chi connectivity index (χ0) is 17.3. The number of aryl methyl sites for hydroxylation is 1. The van der Waals surface area contributed by atoms with Crippen LogP contribution < -0.4 is 5.14 Å². The van der Waals surface area contributed by atoms with Crippen LogP contribution in [0, 0.1) is 6.92 Å². The number of nitrogens with two attached hydrogens (primary N) is 1. The Hall–Kier alpha value is -0.833. The predicted octanol–water partition coefficient (Wildman–Crippen LogP) is 2.52. The van der Waals surface area contributed by atoms with E-state index in [2.05, 4.69) is 43.8 Å². The summed E-state index contributed by atoms with van der Waals surface area (Å²) in [7, 11) is -5.97. The van der Waals surface area contributed by atoms with Crippen LogP contribution in [-0.4, -0.2) is 32.0 Å². The zero-order valence-electron chi connectivity index (χ0n) is 14.4. The summed E-state index contributed by atoms with van der Waals surface area (Å²) < 4.78 is 29.9. The fraction of sp³-hybridized carbons (Fsp3) is 0.714. The van der Waals surface area contributed by atoms with Crippen molar-refractivity contribution in [1.82, 2.24) is 9.97 Å². The van der Waals surface area contributed by atoms with Gasteiger partial charge in [0.2, 0.25) is 10.0 Å². The summed E-state index contributed by atoms with van der Waals surface area (Å²) in [5.74, 6) is 0.358. The van der Waals surface area contributed by atoms with Crippen molar-refractivity contribution in [3.8, 4) is 0 Å². The van der Waals surface area contributed by atoms with Crippen LogP contribution in [0.15, 0.2) is 12.4 Å². The van der Waals surface area contributed by atoms with E-state index in [0.717, 1.165) is 5.56 Å². The van der Waals surface area contributed by atoms with Crippen LogP contribution in [0.2, 0.25) is 18.1 Å². The molecule has 0 aromatic carbocycles. The molecule has 1 aromatic rings. The maximum Gasteiger partial charge on any atom is 0.214 e. The second kappa shape index (κ2) is 6.35. The van der Waals surface area contributed by atoms with Gasteiger partial charge in [-0.05, 0) is 37.5 Å². The van der Waals surface area contributed by atoms with Gasteiger partial charge in [0.15, 0.2) is 14.1 Å². The first-order valence-corrected chi connectivity index (χ1v) is 11.8. The van der Waals surface area contributed by atoms with Crippen molar-refractivity contribution in [3.63, 3.8) is 0 Å². The third-order valence-electron chi connectivity index (χ3n) is 4.23. The Morgan fingerprint density at radius 2 is 1.68 bits per heavy atom. The lowest BCUT2D eigenvalue weighted by molar-refractivity contribution is 0.172. The van der Waals surface area contributed by atoms with Crippen LogP contribution in [0.3, 0.4) is 0 Å². The second-order valence-corrected chi connectivity index (χ2v) is 13.9. The third-order valence-corrected chi connectivity index (χ3v) is 9.97. The Morgan fingerprint density at radius 3 is 2.05 bits per heavy atom. The lowest BCUT2D eigenvalue weighted by atomic mass is 10.2. The number of hydrogen-bond acceptors (Lipinski definition) is 5. The predicted molar refractivity (Wildman–Crippen MR) is 90.4 cm³/mol. The Balaban J connectivity index is 3.27. The summed E-state index contributed by atoms with van der Waals surface area (Å²) in [6, 6.07) is 0. The van der Waals surface area contributed by atoms with E-state index in [9.17, 15) is 8.42 Å². The highest BCUT2D eigenvalue weighted by atomic mass is 32.2. The summed E-state index contributed by atoms with van der Waals surface area (Å²) >= 11 is 0. The fourth-order valence-electron chi connectivity index (χ4n) is 1.57. The van der Waals surface area contributed by atoms with Gasteiger partial charge in [0.05, 0.1) is 0 Å². The monoisotopic (exact) mass is 345 g/mol. The van der Waals surface area contributed by atoms with Gasteiger partial charge in [0.1, 0.15) is 11.4 Å². The van der Waals surface area contributed by atoms with Crippen molar-refractivity contribution in [2.24, 2.45) is 5.14 Å². The van der Waals surface area contributed by atoms with E-state index in [1.807, 2.05) is 6.92 Å². The molecular weight excluding hydrogens is 318 g/mol. The minimum atomic E-state index is -3.76. The van der Waals surface area contributed by atoms with Gasteiger partial charge in [-0.15, -0.1) is 0 Å². The number of nitrogens with zero attached hydrogens (tertiary/aromatic N) is 2. The first-order chi connectivity index (χ1) is 9.75. The molecule has 8 heteroatoms. The fourth-order valence-corrected chi connectivity index (χ4v) is 3.49. The van der Waals surface area contributed by atoms with Gasteiger partial charge in [-0.1, -0.05) is 20.8 Å². The molecule has 0 aliphatic carbocycles. The average molecular weight is 346 g/mol. The summed E-state index contributed by atoms with van der Waals surface area (Å²) in [5, 5.41) is 4.35. The molecule has 0 saturated heterocycles. The van der Waals surface area contributed by atoms with Crippen LogP contribution in [0.4, 0.5) is 0 Å². The molecule has 0 amide bonds. The Bertz CT molecular complexity index is 609. The van der Waals surface area contributed by atoms with Crippen molar-refractivity contribution >= 4 is 18.3 Å². The van der Waals surface area contributed by atoms with Crippen LogP contribution >= 0.6 is 0 Å². The first-order valence-electron chi connectivity index (χ1n) is 7.23. The number of sulfonamides is 1. The van der Waals surface area contributed by atoms with E-state index in [-0.39, 0.29) is 5.04 Å². The zero-order valence-corrected chi connectivity index (χ0v) is 16.2. The van der Waals surface area contributed by atoms with Crippen molar-refractivity contribution in [2.75, 3.05) is 0 Å². The molecule has 0 bridgehead atoms. The summed E-state index contributed by atoms with van der Waals surface area (Å²) in [6.07, 6.45) is 2.54. The van der Waals surface area contributed by atoms with Gasteiger partial charge in [-0.2, -0.15) is 0 Å². The minimum absolute atomic E-state index is 0.0615. The molecule has 0 saturated carbocycles. The molecule has 1 aromatic heterocycles. The molecule has 0 aliphatic rings. The minimum Gasteiger partial charge on any atom is -0.405 e. The Kier molecular flexibility index (Phi) is 5.54. The van der Waals surface area contributed by atoms with E-state index < -0.39 is 29.7 Å². The Morgan fingerprint density at radius 1 is 1.23 bits per heavy atom. The molecule has 126 valence electrons. The molecule has 0 spiro atoms. The molecule has 0 aliphatic heterocycles. The van der Waals surface area contributed by atoms with Crippen LogP contribution in [0.5, 0.6) is 0 Å². The SMILES string of the molecule is Cc1cnc(C(O[Si](C)(C)C(C)(C)C)[C@H](C)S(N)(=O)=O)nc1. The van der Waals surface area contributed by atoms with E-state index in [4.69, 9.17) is 9.56 Å². The van der Waals surface area contributed by atoms with E-state index in [1.54, 1.807) is 12.4 Å². The highest BCUT2D eigenvalue weighted by Gasteiger charge is 2.43. The smallest absolute Gasteiger partial charge is 0.214 e. The number of aromatic nitrogens is 2. The van der Waals surface area contributed by atoms with Gasteiger partial charge >= 0.3 is 0 Å². The molecular formula is C14H27N3O3SSi. The van der Waals surface area contributed by atoms with Gasteiger partial charge < -0.3 is 4.43 Å². The maximum atomic E-state index is 11.8. The van der Waals surface area contributed by atoms with Crippen LogP contribution in [-0.2, 0) is 14.4 Å². The molecule has 2 atom stereocenters. The van der Waals surface area contributed by atoms with Gasteiger partial charge in [0.25, 0.3) is 0 Å². The molecule has 22 heavy (non-hydrogen) atoms. The molecule has 0 fully saturated rings. The average Bonchev–Trinajstić information content (AvgIpc) is 2.34. The van der Waals surface area contributed by atoms with Gasteiger partial charge in [0, 0.05) is 12.4 Å². The van der Waals surface area contributed by atoms with Crippen LogP contribution in [0.1, 0.15) is 45.2 Å². The standard InChI is InChI=1S/C14H27N3O3SSi/c1-10-8-16-13(17-9-10)12(11(2)21(15,18)19)20-22(6,7)14(3,4)5/h8-9,11-12H,1-7H3,(H2,15,18,19)/t11-,12?/m0/s1. The lowest BCUT2D eigenvalue weighted by Crippen LogP contribution is -2.46. The van der Waals surface area contributed by atoms with Crippen molar-refractivity contribution in [1.29, 1.82) is 0 Å². The molecule has 1 heterocycles. The number of hydrogen-bond donors (Lipinski definition) is 1. The van der Waals surface area contributed by atoms with E-state index >= 15 is 0 Å². The molecule has 0 radical (unpaired) electrons. The number of primary sulfonamides is 1. The highest BCUT2D eigenvalue weighted by molar-refractivity contribution is 7.89. The van der Waals surface area contributed by atoms with Gasteiger partial charge in [-0.3, -0.25) is 0 Å². The summed E-state index contributed by atoms with van der Waals surface area (Å²) in [5.41, 5.74) is 0.901. The maximum absolute atomic E-state index is 11.8. The van der Waals surface area contributed by atoms with Crippen molar-refractivity contribution < 1.29 is 12.8 Å². The molecule has 1 unspecified atom stereocenters. The van der Waals surface area contributed by atoms with E-state index in [1.165, 1.54) is 6.92 Å². The van der Waals surface area contributed by atoms with Crippen LogP contribution in [0.25, 0.3) is 0 Å². The van der Waals surface area contributed by atoms with Gasteiger partial charge in [-0.25, -0.2) is 23.5 Å². The highest BCUT2D eigenvalue weighted by Crippen LogP contribution is 2.40. The first kappa shape index (κ1) is 19.2. The third kappa shape index (κ3) is 4.58. The molecule has 1 rings (SSSR count). The van der Waals surface area contributed by atoms with Crippen molar-refractivity contribution in [2.45, 2.75) is 64.1 Å². The lowest BCUT2D eigenvalue weighted by Gasteiger charge is -2.39. The molecule has 2 N–H and O–H groups in total. The molecule has 6 nitrogen and oxygen atoms in total. The number of rotatable bonds is 5. The Labute approximate surface area is 134 Å². The summed E-state index contributed by atoms with van der Waals surface area (Å²) in [6.45, 7) is 13.8. The normalized spacial score (nSPS) is 16.4. The second-order valence-electron chi connectivity index (χ2n) is 7.21. The topological polar surface area (TPSA) is 95.2 Å². The van der Waals surface area contributed by atoms with E-state index in [0.29, 0.717) is 5.82 Å².